The van der Waals surface area contributed by atoms with Gasteiger partial charge in [-0.1, -0.05) is 24.6 Å². The van der Waals surface area contributed by atoms with Gasteiger partial charge < -0.3 is 15.5 Å². The molecule has 4 rings (SSSR count). The Labute approximate surface area is 191 Å². The quantitative estimate of drug-likeness (QED) is 0.706. The third-order valence-electron chi connectivity index (χ3n) is 6.59. The molecule has 0 bridgehead atoms. The summed E-state index contributed by atoms with van der Waals surface area (Å²) in [4.78, 5) is 29.9. The first-order chi connectivity index (χ1) is 15.4. The summed E-state index contributed by atoms with van der Waals surface area (Å²) in [5.41, 5.74) is 6.63. The smallest absolute Gasteiger partial charge is 0.313 e. The van der Waals surface area contributed by atoms with Crippen LogP contribution >= 0.6 is 0 Å². The Morgan fingerprint density at radius 2 is 1.66 bits per heavy atom. The summed E-state index contributed by atoms with van der Waals surface area (Å²) < 4.78 is 0. The van der Waals surface area contributed by atoms with E-state index in [0.717, 1.165) is 37.2 Å². The van der Waals surface area contributed by atoms with Crippen LogP contribution < -0.4 is 15.5 Å². The van der Waals surface area contributed by atoms with Crippen LogP contribution in [0.25, 0.3) is 0 Å². The predicted molar refractivity (Wildman–Crippen MR) is 129 cm³/mol. The highest BCUT2D eigenvalue weighted by Gasteiger charge is 2.26. The normalized spacial score (nSPS) is 17.0. The van der Waals surface area contributed by atoms with Crippen molar-refractivity contribution < 1.29 is 9.59 Å². The van der Waals surface area contributed by atoms with Crippen molar-refractivity contribution >= 4 is 23.2 Å². The molecule has 2 aliphatic rings. The Kier molecular flexibility index (Phi) is 6.80. The monoisotopic (exact) mass is 434 g/mol. The minimum absolute atomic E-state index is 0.0736. The van der Waals surface area contributed by atoms with Gasteiger partial charge in [-0.25, -0.2) is 0 Å². The third kappa shape index (κ3) is 5.13. The van der Waals surface area contributed by atoms with Crippen molar-refractivity contribution in [2.24, 2.45) is 0 Å². The molecule has 0 aromatic heterocycles. The molecule has 1 saturated heterocycles. The van der Waals surface area contributed by atoms with Crippen LogP contribution in [0, 0.1) is 13.8 Å². The van der Waals surface area contributed by atoms with Crippen molar-refractivity contribution in [2.75, 3.05) is 43.4 Å². The van der Waals surface area contributed by atoms with Crippen LogP contribution in [0.4, 0.5) is 11.4 Å². The molecule has 170 valence electrons. The van der Waals surface area contributed by atoms with Crippen LogP contribution in [0.5, 0.6) is 0 Å². The van der Waals surface area contributed by atoms with Gasteiger partial charge in [-0.05, 0) is 86.7 Å². The van der Waals surface area contributed by atoms with Crippen molar-refractivity contribution in [3.63, 3.8) is 0 Å². The highest BCUT2D eigenvalue weighted by atomic mass is 16.2. The zero-order valence-corrected chi connectivity index (χ0v) is 19.4. The van der Waals surface area contributed by atoms with Gasteiger partial charge in [0.15, 0.2) is 0 Å². The molecule has 1 unspecified atom stereocenters. The zero-order valence-electron chi connectivity index (χ0n) is 19.4. The number of amides is 2. The molecule has 32 heavy (non-hydrogen) atoms. The van der Waals surface area contributed by atoms with Crippen molar-refractivity contribution in [2.45, 2.75) is 45.6 Å². The van der Waals surface area contributed by atoms with E-state index in [2.05, 4.69) is 45.7 Å². The molecule has 0 aliphatic carbocycles. The topological polar surface area (TPSA) is 64.7 Å². The summed E-state index contributed by atoms with van der Waals surface area (Å²) in [6.45, 7) is 7.45. The van der Waals surface area contributed by atoms with Gasteiger partial charge in [-0.15, -0.1) is 0 Å². The number of benzene rings is 2. The second kappa shape index (κ2) is 9.74. The van der Waals surface area contributed by atoms with Gasteiger partial charge in [0.05, 0.1) is 6.04 Å². The van der Waals surface area contributed by atoms with Gasteiger partial charge in [0, 0.05) is 31.5 Å². The molecule has 0 radical (unpaired) electrons. The van der Waals surface area contributed by atoms with Crippen LogP contribution in [-0.4, -0.2) is 49.9 Å². The fourth-order valence-corrected chi connectivity index (χ4v) is 4.99. The summed E-state index contributed by atoms with van der Waals surface area (Å²) in [6, 6.07) is 12.5. The van der Waals surface area contributed by atoms with E-state index in [1.165, 1.54) is 36.1 Å². The van der Waals surface area contributed by atoms with E-state index in [4.69, 9.17) is 0 Å². The molecule has 0 saturated carbocycles. The minimum Gasteiger partial charge on any atom is -0.374 e. The Morgan fingerprint density at radius 1 is 0.938 bits per heavy atom. The number of likely N-dealkylation sites (tertiary alicyclic amines) is 1. The van der Waals surface area contributed by atoms with Gasteiger partial charge in [-0.3, -0.25) is 14.5 Å². The molecular formula is C26H34N4O2. The number of aryl methyl sites for hydroxylation is 2. The number of piperidine rings is 1. The maximum Gasteiger partial charge on any atom is 0.313 e. The van der Waals surface area contributed by atoms with Crippen molar-refractivity contribution in [1.82, 2.24) is 10.2 Å². The van der Waals surface area contributed by atoms with Crippen LogP contribution in [0.15, 0.2) is 36.4 Å². The molecule has 2 aromatic rings. The molecule has 2 heterocycles. The standard InChI is InChI=1S/C26H34N4O2/c1-18-13-19(2)15-22(14-18)28-26(32)25(31)27-17-24(30-10-5-4-6-11-30)20-7-8-23-21(16-20)9-12-29(23)3/h7-8,13-16,24H,4-6,9-12,17H2,1-3H3,(H,27,31)(H,28,32). The average Bonchev–Trinajstić information content (AvgIpc) is 3.14. The first kappa shape index (κ1) is 22.3. The lowest BCUT2D eigenvalue weighted by molar-refractivity contribution is -0.136. The van der Waals surface area contributed by atoms with Gasteiger partial charge in [0.2, 0.25) is 0 Å². The number of carbonyl (C=O) groups excluding carboxylic acids is 2. The maximum atomic E-state index is 12.6. The highest BCUT2D eigenvalue weighted by molar-refractivity contribution is 6.39. The first-order valence-electron chi connectivity index (χ1n) is 11.7. The molecule has 2 aliphatic heterocycles. The lowest BCUT2D eigenvalue weighted by Gasteiger charge is -2.35. The highest BCUT2D eigenvalue weighted by Crippen LogP contribution is 2.32. The molecule has 2 amide bonds. The van der Waals surface area contributed by atoms with Crippen LogP contribution in [-0.2, 0) is 16.0 Å². The second-order valence-corrected chi connectivity index (χ2v) is 9.21. The number of fused-ring (bicyclic) bond motifs is 1. The molecule has 2 N–H and O–H groups in total. The van der Waals surface area contributed by atoms with Crippen LogP contribution in [0.3, 0.4) is 0 Å². The number of anilines is 2. The van der Waals surface area contributed by atoms with Crippen LogP contribution in [0.2, 0.25) is 0 Å². The number of nitrogens with one attached hydrogen (secondary N) is 2. The van der Waals surface area contributed by atoms with Crippen molar-refractivity contribution in [3.8, 4) is 0 Å². The third-order valence-corrected chi connectivity index (χ3v) is 6.59. The van der Waals surface area contributed by atoms with Gasteiger partial charge in [0.25, 0.3) is 0 Å². The summed E-state index contributed by atoms with van der Waals surface area (Å²) in [5, 5.41) is 5.64. The minimum atomic E-state index is -0.622. The Morgan fingerprint density at radius 3 is 2.38 bits per heavy atom. The van der Waals surface area contributed by atoms with E-state index >= 15 is 0 Å². The summed E-state index contributed by atoms with van der Waals surface area (Å²) >= 11 is 0. The molecule has 2 aromatic carbocycles. The van der Waals surface area contributed by atoms with E-state index in [-0.39, 0.29) is 6.04 Å². The first-order valence-corrected chi connectivity index (χ1v) is 11.7. The number of carbonyl (C=O) groups is 2. The Bertz CT molecular complexity index is 977. The molecule has 0 spiro atoms. The fourth-order valence-electron chi connectivity index (χ4n) is 4.99. The molecule has 6 nitrogen and oxygen atoms in total. The fraction of sp³-hybridized carbons (Fsp3) is 0.462. The lowest BCUT2D eigenvalue weighted by Crippen LogP contribution is -2.43. The summed E-state index contributed by atoms with van der Waals surface area (Å²) in [6.07, 6.45) is 4.65. The van der Waals surface area contributed by atoms with Gasteiger partial charge in [-0.2, -0.15) is 0 Å². The average molecular weight is 435 g/mol. The molecule has 6 heteroatoms. The lowest BCUT2D eigenvalue weighted by atomic mass is 9.98. The van der Waals surface area contributed by atoms with E-state index in [1.807, 2.05) is 32.0 Å². The second-order valence-electron chi connectivity index (χ2n) is 9.21. The summed E-state index contributed by atoms with van der Waals surface area (Å²) in [5.74, 6) is -1.21. The molecular weight excluding hydrogens is 400 g/mol. The predicted octanol–water partition coefficient (Wildman–Crippen LogP) is 3.58. The van der Waals surface area contributed by atoms with Crippen molar-refractivity contribution in [1.29, 1.82) is 0 Å². The van der Waals surface area contributed by atoms with Gasteiger partial charge >= 0.3 is 11.8 Å². The van der Waals surface area contributed by atoms with Crippen molar-refractivity contribution in [3.05, 3.63) is 58.7 Å². The van der Waals surface area contributed by atoms with Gasteiger partial charge in [0.1, 0.15) is 0 Å². The van der Waals surface area contributed by atoms with E-state index in [1.54, 1.807) is 0 Å². The SMILES string of the molecule is Cc1cc(C)cc(NC(=O)C(=O)NCC(c2ccc3c(c2)CCN3C)N2CCCCC2)c1. The summed E-state index contributed by atoms with van der Waals surface area (Å²) in [7, 11) is 2.13. The molecule has 1 fully saturated rings. The number of hydrogen-bond donors (Lipinski definition) is 2. The van der Waals surface area contributed by atoms with Crippen LogP contribution in [0.1, 0.15) is 47.6 Å². The number of nitrogens with zero attached hydrogens (tertiary/aromatic N) is 2. The van der Waals surface area contributed by atoms with E-state index in [0.29, 0.717) is 12.2 Å². The zero-order chi connectivity index (χ0) is 22.7. The Balaban J connectivity index is 1.45. The largest absolute Gasteiger partial charge is 0.374 e. The molecule has 1 atom stereocenters. The number of rotatable bonds is 5. The Hall–Kier alpha value is -2.86. The van der Waals surface area contributed by atoms with E-state index in [9.17, 15) is 9.59 Å². The number of likely N-dealkylation sites (N-methyl/N-ethyl adjacent to an activating group) is 1. The maximum absolute atomic E-state index is 12.6. The number of hydrogen-bond acceptors (Lipinski definition) is 4. The van der Waals surface area contributed by atoms with E-state index < -0.39 is 11.8 Å².